The van der Waals surface area contributed by atoms with E-state index in [-0.39, 0.29) is 6.16 Å². The third-order valence-electron chi connectivity index (χ3n) is 2.43. The van der Waals surface area contributed by atoms with Crippen molar-refractivity contribution in [1.29, 1.82) is 0 Å². The topological polar surface area (TPSA) is 61.8 Å². The minimum atomic E-state index is -3.05. The zero-order valence-electron chi connectivity index (χ0n) is 13.4. The largest absolute Gasteiger partial charge is 0.466 e. The summed E-state index contributed by atoms with van der Waals surface area (Å²) in [6.45, 7) is 8.01. The normalized spacial score (nSPS) is 13.8. The van der Waals surface area contributed by atoms with Crippen molar-refractivity contribution in [2.75, 3.05) is 26.5 Å². The molecule has 0 fully saturated rings. The molecule has 0 rings (SSSR count). The van der Waals surface area contributed by atoms with E-state index >= 15 is 0 Å². The average molecular weight is 316 g/mol. The van der Waals surface area contributed by atoms with Crippen molar-refractivity contribution in [2.45, 2.75) is 27.7 Å². The van der Waals surface area contributed by atoms with E-state index in [1.807, 2.05) is 26.0 Å². The van der Waals surface area contributed by atoms with Gasteiger partial charge >= 0.3 is 13.6 Å². The molecule has 0 saturated heterocycles. The van der Waals surface area contributed by atoms with Crippen molar-refractivity contribution in [1.82, 2.24) is 0 Å². The maximum atomic E-state index is 12.3. The van der Waals surface area contributed by atoms with Crippen molar-refractivity contribution in [3.8, 4) is 0 Å². The van der Waals surface area contributed by atoms with Gasteiger partial charge in [-0.25, -0.2) is 4.79 Å². The lowest BCUT2D eigenvalue weighted by Crippen LogP contribution is -1.98. The van der Waals surface area contributed by atoms with Gasteiger partial charge in [0, 0.05) is 6.08 Å². The first-order valence-corrected chi connectivity index (χ1v) is 8.58. The second-order valence-corrected chi connectivity index (χ2v) is 6.43. The summed E-state index contributed by atoms with van der Waals surface area (Å²) in [5.41, 5.74) is 1.80. The molecule has 21 heavy (non-hydrogen) atoms. The van der Waals surface area contributed by atoms with Gasteiger partial charge in [-0.2, -0.15) is 0 Å². The molecule has 0 aromatic carbocycles. The summed E-state index contributed by atoms with van der Waals surface area (Å²) in [5, 5.41) is 0. The van der Waals surface area contributed by atoms with E-state index in [1.54, 1.807) is 19.9 Å². The van der Waals surface area contributed by atoms with Crippen LogP contribution in [0.25, 0.3) is 0 Å². The minimum Gasteiger partial charge on any atom is -0.466 e. The number of carbonyl (C=O) groups is 1. The number of carbonyl (C=O) groups excluding carboxylic acids is 1. The Balaban J connectivity index is 4.76. The number of rotatable bonds is 9. The highest BCUT2D eigenvalue weighted by Crippen LogP contribution is 2.48. The molecule has 0 N–H and O–H groups in total. The average Bonchev–Trinajstić information content (AvgIpc) is 2.43. The van der Waals surface area contributed by atoms with Crippen molar-refractivity contribution >= 4 is 13.6 Å². The van der Waals surface area contributed by atoms with Crippen molar-refractivity contribution in [3.63, 3.8) is 0 Å². The van der Waals surface area contributed by atoms with Crippen LogP contribution in [-0.2, 0) is 23.1 Å². The molecule has 0 aliphatic rings. The van der Waals surface area contributed by atoms with E-state index < -0.39 is 13.6 Å². The lowest BCUT2D eigenvalue weighted by Gasteiger charge is -2.15. The molecule has 6 heteroatoms. The Labute approximate surface area is 127 Å². The third-order valence-corrected chi connectivity index (χ3v) is 4.36. The first-order chi connectivity index (χ1) is 9.86. The van der Waals surface area contributed by atoms with Gasteiger partial charge in [-0.05, 0) is 27.7 Å². The maximum Gasteiger partial charge on any atom is 0.334 e. The summed E-state index contributed by atoms with van der Waals surface area (Å²) >= 11 is 0. The molecule has 0 bridgehead atoms. The Hall–Kier alpha value is -1.16. The molecule has 0 aromatic heterocycles. The molecule has 0 aromatic rings. The van der Waals surface area contributed by atoms with Crippen LogP contribution >= 0.6 is 7.60 Å². The number of hydrogen-bond acceptors (Lipinski definition) is 5. The molecular formula is C15H25O5P. The van der Waals surface area contributed by atoms with Crippen LogP contribution in [0.15, 0.2) is 35.5 Å². The Kier molecular flexibility index (Phi) is 9.97. The number of allylic oxidation sites excluding steroid dienone is 5. The molecule has 0 aliphatic carbocycles. The summed E-state index contributed by atoms with van der Waals surface area (Å²) in [5.74, 6) is -0.401. The summed E-state index contributed by atoms with van der Waals surface area (Å²) in [6, 6.07) is 0. The zero-order chi connectivity index (χ0) is 16.3. The van der Waals surface area contributed by atoms with Crippen LogP contribution in [0.1, 0.15) is 27.7 Å². The minimum absolute atomic E-state index is 0.227. The first kappa shape index (κ1) is 19.8. The lowest BCUT2D eigenvalue weighted by molar-refractivity contribution is -0.134. The van der Waals surface area contributed by atoms with Crippen LogP contribution in [0.5, 0.6) is 0 Å². The van der Waals surface area contributed by atoms with E-state index in [0.717, 1.165) is 11.1 Å². The molecule has 0 atom stereocenters. The SMILES string of the molecule is CCOP(=O)(C/C=C(C)/C=C(C)/C=C/C(=O)OC)OCC. The predicted molar refractivity (Wildman–Crippen MR) is 84.4 cm³/mol. The molecule has 0 unspecified atom stereocenters. The van der Waals surface area contributed by atoms with E-state index in [1.165, 1.54) is 13.2 Å². The molecule has 0 spiro atoms. The molecule has 0 radical (unpaired) electrons. The highest BCUT2D eigenvalue weighted by atomic mass is 31.2. The number of esters is 1. The smallest absolute Gasteiger partial charge is 0.334 e. The fraction of sp³-hybridized carbons (Fsp3) is 0.533. The van der Waals surface area contributed by atoms with Crippen LogP contribution in [-0.4, -0.2) is 32.5 Å². The van der Waals surface area contributed by atoms with E-state index in [9.17, 15) is 9.36 Å². The quantitative estimate of drug-likeness (QED) is 0.280. The number of methoxy groups -OCH3 is 1. The Morgan fingerprint density at radius 3 is 2.10 bits per heavy atom. The van der Waals surface area contributed by atoms with E-state index in [4.69, 9.17) is 9.05 Å². The molecule has 5 nitrogen and oxygen atoms in total. The van der Waals surface area contributed by atoms with Gasteiger partial charge in [0.25, 0.3) is 0 Å². The van der Waals surface area contributed by atoms with Crippen LogP contribution in [0.4, 0.5) is 0 Å². The molecular weight excluding hydrogens is 291 g/mol. The molecule has 0 heterocycles. The molecule has 0 saturated carbocycles. The summed E-state index contributed by atoms with van der Waals surface area (Å²) in [6.07, 6.45) is 6.92. The number of ether oxygens (including phenoxy) is 1. The van der Waals surface area contributed by atoms with Crippen molar-refractivity contribution in [3.05, 3.63) is 35.5 Å². The second-order valence-electron chi connectivity index (χ2n) is 4.32. The van der Waals surface area contributed by atoms with Gasteiger partial charge in [0.15, 0.2) is 0 Å². The second kappa shape index (κ2) is 10.6. The number of hydrogen-bond donors (Lipinski definition) is 0. The van der Waals surface area contributed by atoms with Crippen LogP contribution in [0.2, 0.25) is 0 Å². The van der Waals surface area contributed by atoms with Crippen LogP contribution in [0, 0.1) is 0 Å². The highest BCUT2D eigenvalue weighted by molar-refractivity contribution is 7.54. The Morgan fingerprint density at radius 1 is 1.05 bits per heavy atom. The summed E-state index contributed by atoms with van der Waals surface area (Å²) < 4.78 is 27.2. The highest BCUT2D eigenvalue weighted by Gasteiger charge is 2.21. The third kappa shape index (κ3) is 9.40. The fourth-order valence-corrected chi connectivity index (χ4v) is 3.11. The van der Waals surface area contributed by atoms with Crippen LogP contribution in [0.3, 0.4) is 0 Å². The lowest BCUT2D eigenvalue weighted by atomic mass is 10.2. The van der Waals surface area contributed by atoms with Gasteiger partial charge in [-0.3, -0.25) is 4.57 Å². The van der Waals surface area contributed by atoms with E-state index in [0.29, 0.717) is 13.2 Å². The van der Waals surface area contributed by atoms with Crippen molar-refractivity contribution in [2.24, 2.45) is 0 Å². The Morgan fingerprint density at radius 2 is 1.62 bits per heavy atom. The molecule has 0 aliphatic heterocycles. The standard InChI is InChI=1S/C15H25O5P/c1-6-19-21(17,20-7-2)11-10-14(4)12-13(3)8-9-15(16)18-5/h8-10,12H,6-7,11H2,1-5H3/b9-8+,13-12+,14-10+. The predicted octanol–water partition coefficient (Wildman–Crippen LogP) is 3.87. The van der Waals surface area contributed by atoms with Gasteiger partial charge in [-0.1, -0.05) is 29.4 Å². The maximum absolute atomic E-state index is 12.3. The van der Waals surface area contributed by atoms with Gasteiger partial charge in [0.1, 0.15) is 0 Å². The first-order valence-electron chi connectivity index (χ1n) is 6.86. The molecule has 0 amide bonds. The van der Waals surface area contributed by atoms with Gasteiger partial charge in [0.2, 0.25) is 0 Å². The summed E-state index contributed by atoms with van der Waals surface area (Å²) in [7, 11) is -1.72. The fourth-order valence-electron chi connectivity index (χ4n) is 1.53. The molecule has 120 valence electrons. The van der Waals surface area contributed by atoms with Gasteiger partial charge in [0.05, 0.1) is 26.5 Å². The zero-order valence-corrected chi connectivity index (χ0v) is 14.3. The van der Waals surface area contributed by atoms with Crippen molar-refractivity contribution < 1.29 is 23.1 Å². The van der Waals surface area contributed by atoms with Gasteiger partial charge < -0.3 is 13.8 Å². The summed E-state index contributed by atoms with van der Waals surface area (Å²) in [4.78, 5) is 11.0. The van der Waals surface area contributed by atoms with E-state index in [2.05, 4.69) is 4.74 Å². The Bertz CT molecular complexity index is 453. The monoisotopic (exact) mass is 316 g/mol. The van der Waals surface area contributed by atoms with Crippen LogP contribution < -0.4 is 0 Å². The van der Waals surface area contributed by atoms with Gasteiger partial charge in [-0.15, -0.1) is 0 Å².